The molecule has 164 valence electrons. The third-order valence-electron chi connectivity index (χ3n) is 4.13. The molecule has 4 amide bonds. The Morgan fingerprint density at radius 2 is 1.39 bits per heavy atom. The normalized spacial score (nSPS) is 11.0. The Bertz CT molecular complexity index is 876. The van der Waals surface area contributed by atoms with Crippen LogP contribution >= 0.6 is 0 Å². The number of amides is 4. The first-order valence-corrected chi connectivity index (χ1v) is 9.53. The van der Waals surface area contributed by atoms with Crippen LogP contribution in [0.2, 0.25) is 0 Å². The van der Waals surface area contributed by atoms with Crippen molar-refractivity contribution in [2.24, 2.45) is 5.84 Å². The molecular weight excluding hydrogens is 402 g/mol. The quantitative estimate of drug-likeness (QED) is 0.200. The van der Waals surface area contributed by atoms with Gasteiger partial charge in [0, 0.05) is 6.42 Å². The smallest absolute Gasteiger partial charge is 0.407 e. The van der Waals surface area contributed by atoms with Crippen molar-refractivity contribution in [1.82, 2.24) is 21.4 Å². The third-order valence-corrected chi connectivity index (χ3v) is 4.13. The van der Waals surface area contributed by atoms with Crippen molar-refractivity contribution in [3.8, 4) is 0 Å². The van der Waals surface area contributed by atoms with E-state index >= 15 is 0 Å². The molecule has 0 aliphatic rings. The Hall–Kier alpha value is -3.92. The average molecular weight is 427 g/mol. The Balaban J connectivity index is 1.70. The number of hydrogen-bond donors (Lipinski definition) is 5. The van der Waals surface area contributed by atoms with E-state index in [0.29, 0.717) is 0 Å². The minimum atomic E-state index is -0.900. The number of carbonyl (C=O) groups excluding carboxylic acids is 4. The number of nitrogens with two attached hydrogens (primary N) is 1. The Kier molecular flexibility index (Phi) is 9.50. The Labute approximate surface area is 179 Å². The summed E-state index contributed by atoms with van der Waals surface area (Å²) in [4.78, 5) is 47.5. The zero-order chi connectivity index (χ0) is 22.5. The molecule has 6 N–H and O–H groups in total. The maximum Gasteiger partial charge on any atom is 0.407 e. The number of rotatable bonds is 10. The number of alkyl carbamates (subject to hydrolysis) is 1. The molecule has 2 aromatic rings. The van der Waals surface area contributed by atoms with Gasteiger partial charge in [-0.05, 0) is 11.1 Å². The van der Waals surface area contributed by atoms with Gasteiger partial charge in [0.05, 0.1) is 6.54 Å². The maximum absolute atomic E-state index is 12.1. The zero-order valence-corrected chi connectivity index (χ0v) is 16.8. The lowest BCUT2D eigenvalue weighted by Gasteiger charge is -2.17. The lowest BCUT2D eigenvalue weighted by molar-refractivity contribution is -0.129. The highest BCUT2D eigenvalue weighted by Gasteiger charge is 2.20. The van der Waals surface area contributed by atoms with Gasteiger partial charge in [0.2, 0.25) is 11.8 Å². The van der Waals surface area contributed by atoms with Gasteiger partial charge in [-0.1, -0.05) is 60.7 Å². The summed E-state index contributed by atoms with van der Waals surface area (Å²) < 4.78 is 4.99. The molecule has 10 heteroatoms. The number of hydrazine groups is 1. The second-order valence-electron chi connectivity index (χ2n) is 6.51. The van der Waals surface area contributed by atoms with Gasteiger partial charge in [-0.3, -0.25) is 19.8 Å². The average Bonchev–Trinajstić information content (AvgIpc) is 2.80. The van der Waals surface area contributed by atoms with Crippen LogP contribution in [0.3, 0.4) is 0 Å². The van der Waals surface area contributed by atoms with E-state index in [1.807, 2.05) is 54.0 Å². The van der Waals surface area contributed by atoms with E-state index in [1.54, 1.807) is 12.1 Å². The monoisotopic (exact) mass is 427 g/mol. The minimum Gasteiger partial charge on any atom is -0.445 e. The van der Waals surface area contributed by atoms with Crippen molar-refractivity contribution in [3.63, 3.8) is 0 Å². The molecule has 0 spiro atoms. The van der Waals surface area contributed by atoms with Crippen molar-refractivity contribution in [2.75, 3.05) is 13.1 Å². The van der Waals surface area contributed by atoms with Crippen molar-refractivity contribution in [2.45, 2.75) is 19.1 Å². The number of ether oxygens (including phenoxy) is 1. The molecular formula is C21H25N5O5. The fourth-order valence-electron chi connectivity index (χ4n) is 2.57. The highest BCUT2D eigenvalue weighted by atomic mass is 16.5. The summed E-state index contributed by atoms with van der Waals surface area (Å²) in [6.45, 7) is -0.664. The number of nitrogens with one attached hydrogen (secondary N) is 4. The van der Waals surface area contributed by atoms with E-state index in [4.69, 9.17) is 10.6 Å². The van der Waals surface area contributed by atoms with Crippen LogP contribution in [0, 0.1) is 0 Å². The van der Waals surface area contributed by atoms with Gasteiger partial charge in [-0.25, -0.2) is 10.6 Å². The van der Waals surface area contributed by atoms with Gasteiger partial charge < -0.3 is 20.7 Å². The first-order chi connectivity index (χ1) is 15.0. The van der Waals surface area contributed by atoms with Crippen LogP contribution in [0.5, 0.6) is 0 Å². The first kappa shape index (κ1) is 23.4. The van der Waals surface area contributed by atoms with Gasteiger partial charge in [0.25, 0.3) is 5.91 Å². The first-order valence-electron chi connectivity index (χ1n) is 9.53. The standard InChI is InChI=1S/C21H25N5O5/c22-26-20(29)17(11-15-7-3-1-4-8-15)25-19(28)13-23-18(27)12-24-21(30)31-14-16-9-5-2-6-10-16/h1-10,17H,11-14,22H2,(H,23,27)(H,24,30)(H,25,28)(H,26,29). The highest BCUT2D eigenvalue weighted by molar-refractivity contribution is 5.90. The zero-order valence-electron chi connectivity index (χ0n) is 16.8. The Morgan fingerprint density at radius 1 is 0.806 bits per heavy atom. The SMILES string of the molecule is NNC(=O)C(Cc1ccccc1)NC(=O)CNC(=O)CNC(=O)OCc1ccccc1. The van der Waals surface area contributed by atoms with E-state index < -0.39 is 29.9 Å². The molecule has 1 unspecified atom stereocenters. The summed E-state index contributed by atoms with van der Waals surface area (Å²) in [5.41, 5.74) is 3.65. The number of benzene rings is 2. The predicted octanol–water partition coefficient (Wildman–Crippen LogP) is -0.254. The van der Waals surface area contributed by atoms with Crippen molar-refractivity contribution in [1.29, 1.82) is 0 Å². The third kappa shape index (κ3) is 8.96. The summed E-state index contributed by atoms with van der Waals surface area (Å²) in [7, 11) is 0. The molecule has 31 heavy (non-hydrogen) atoms. The number of hydrogen-bond acceptors (Lipinski definition) is 6. The summed E-state index contributed by atoms with van der Waals surface area (Å²) in [5.74, 6) is 3.45. The topological polar surface area (TPSA) is 152 Å². The van der Waals surface area contributed by atoms with Crippen LogP contribution < -0.4 is 27.2 Å². The van der Waals surface area contributed by atoms with Crippen LogP contribution in [0.25, 0.3) is 0 Å². The Morgan fingerprint density at radius 3 is 2.00 bits per heavy atom. The van der Waals surface area contributed by atoms with Gasteiger partial charge >= 0.3 is 6.09 Å². The highest BCUT2D eigenvalue weighted by Crippen LogP contribution is 2.03. The molecule has 0 bridgehead atoms. The molecule has 0 saturated carbocycles. The van der Waals surface area contributed by atoms with Gasteiger partial charge in [0.15, 0.2) is 0 Å². The largest absolute Gasteiger partial charge is 0.445 e. The van der Waals surface area contributed by atoms with Crippen molar-refractivity contribution in [3.05, 3.63) is 71.8 Å². The van der Waals surface area contributed by atoms with Crippen molar-refractivity contribution >= 4 is 23.8 Å². The molecule has 2 aromatic carbocycles. The molecule has 0 saturated heterocycles. The minimum absolute atomic E-state index is 0.0721. The van der Waals surface area contributed by atoms with Gasteiger partial charge in [0.1, 0.15) is 19.2 Å². The summed E-state index contributed by atoms with van der Waals surface area (Å²) in [6, 6.07) is 17.3. The summed E-state index contributed by atoms with van der Waals surface area (Å²) >= 11 is 0. The van der Waals surface area contributed by atoms with Gasteiger partial charge in [-0.2, -0.15) is 0 Å². The molecule has 0 aliphatic heterocycles. The molecule has 10 nitrogen and oxygen atoms in total. The van der Waals surface area contributed by atoms with Crippen LogP contribution in [-0.2, 0) is 32.1 Å². The predicted molar refractivity (Wildman–Crippen MR) is 112 cm³/mol. The van der Waals surface area contributed by atoms with E-state index in [1.165, 1.54) is 0 Å². The van der Waals surface area contributed by atoms with Gasteiger partial charge in [-0.15, -0.1) is 0 Å². The molecule has 0 aliphatic carbocycles. The van der Waals surface area contributed by atoms with E-state index in [2.05, 4.69) is 16.0 Å². The molecule has 2 rings (SSSR count). The van der Waals surface area contributed by atoms with Crippen LogP contribution in [-0.4, -0.2) is 42.9 Å². The van der Waals surface area contributed by atoms with Crippen LogP contribution in [0.1, 0.15) is 11.1 Å². The van der Waals surface area contributed by atoms with E-state index in [-0.39, 0.29) is 26.1 Å². The molecule has 0 heterocycles. The second kappa shape index (κ2) is 12.6. The van der Waals surface area contributed by atoms with E-state index in [0.717, 1.165) is 11.1 Å². The fraction of sp³-hybridized carbons (Fsp3) is 0.238. The summed E-state index contributed by atoms with van der Waals surface area (Å²) in [5, 5.41) is 7.16. The lowest BCUT2D eigenvalue weighted by Crippen LogP contribution is -2.52. The molecule has 0 fully saturated rings. The lowest BCUT2D eigenvalue weighted by atomic mass is 10.1. The molecule has 1 atom stereocenters. The van der Waals surface area contributed by atoms with Crippen LogP contribution in [0.4, 0.5) is 4.79 Å². The molecule has 0 aromatic heterocycles. The number of carbonyl (C=O) groups is 4. The fourth-order valence-corrected chi connectivity index (χ4v) is 2.57. The maximum atomic E-state index is 12.1. The summed E-state index contributed by atoms with van der Waals surface area (Å²) in [6.07, 6.45) is -0.524. The van der Waals surface area contributed by atoms with Crippen LogP contribution in [0.15, 0.2) is 60.7 Å². The van der Waals surface area contributed by atoms with Crippen molar-refractivity contribution < 1.29 is 23.9 Å². The molecule has 0 radical (unpaired) electrons. The van der Waals surface area contributed by atoms with E-state index in [9.17, 15) is 19.2 Å². The second-order valence-corrected chi connectivity index (χ2v) is 6.51.